The third-order valence-corrected chi connectivity index (χ3v) is 2.54. The lowest BCUT2D eigenvalue weighted by Crippen LogP contribution is -2.25. The van der Waals surface area contributed by atoms with Gasteiger partial charge in [-0.15, -0.1) is 5.10 Å². The molecular weight excluding hydrogens is 214 g/mol. The van der Waals surface area contributed by atoms with Gasteiger partial charge >= 0.3 is 0 Å². The first kappa shape index (κ1) is 9.97. The Balaban J connectivity index is 2.65. The molecule has 0 saturated carbocycles. The molecule has 0 radical (unpaired) electrons. The highest BCUT2D eigenvalue weighted by Gasteiger charge is 2.05. The summed E-state index contributed by atoms with van der Waals surface area (Å²) in [5.74, 6) is 0.0800. The second-order valence-corrected chi connectivity index (χ2v) is 4.52. The second-order valence-electron chi connectivity index (χ2n) is 3.11. The van der Waals surface area contributed by atoms with Crippen LogP contribution in [-0.2, 0) is 16.7 Å². The lowest BCUT2D eigenvalue weighted by molar-refractivity contribution is 0.619. The molecule has 1 heterocycles. The van der Waals surface area contributed by atoms with Crippen LogP contribution < -0.4 is 5.56 Å². The van der Waals surface area contributed by atoms with Crippen molar-refractivity contribution < 1.29 is 4.21 Å². The lowest BCUT2D eigenvalue weighted by atomic mass is 10.2. The van der Waals surface area contributed by atoms with Crippen LogP contribution in [0.4, 0.5) is 0 Å². The van der Waals surface area contributed by atoms with E-state index in [1.165, 1.54) is 6.26 Å². The van der Waals surface area contributed by atoms with Gasteiger partial charge in [-0.1, -0.05) is 17.3 Å². The van der Waals surface area contributed by atoms with Gasteiger partial charge in [0.05, 0.1) is 5.39 Å². The molecule has 0 aliphatic rings. The van der Waals surface area contributed by atoms with Crippen molar-refractivity contribution in [3.63, 3.8) is 0 Å². The first-order valence-electron chi connectivity index (χ1n) is 4.31. The number of benzene rings is 1. The first-order chi connectivity index (χ1) is 7.18. The predicted octanol–water partition coefficient (Wildman–Crippen LogP) is 0.127. The van der Waals surface area contributed by atoms with Gasteiger partial charge in [0.25, 0.3) is 5.56 Å². The van der Waals surface area contributed by atoms with Crippen molar-refractivity contribution >= 4 is 21.7 Å². The first-order valence-corrected chi connectivity index (χ1v) is 6.04. The molecule has 78 valence electrons. The number of hydrogen-bond donors (Lipinski definition) is 0. The number of hydrogen-bond acceptors (Lipinski definition) is 4. The largest absolute Gasteiger partial charge is 0.278 e. The van der Waals surface area contributed by atoms with E-state index in [0.717, 1.165) is 4.68 Å². The predicted molar refractivity (Wildman–Crippen MR) is 57.9 cm³/mol. The average Bonchev–Trinajstić information content (AvgIpc) is 2.22. The number of fused-ring (bicyclic) bond motifs is 1. The monoisotopic (exact) mass is 223 g/mol. The maximum atomic E-state index is 11.8. The molecule has 5 nitrogen and oxygen atoms in total. The molecule has 1 aromatic heterocycles. The molecule has 0 aliphatic heterocycles. The van der Waals surface area contributed by atoms with Crippen LogP contribution in [0.25, 0.3) is 10.9 Å². The van der Waals surface area contributed by atoms with E-state index >= 15 is 0 Å². The van der Waals surface area contributed by atoms with Crippen LogP contribution in [0.2, 0.25) is 0 Å². The SMILES string of the molecule is CS(=O)Cn1nnc2ccccc2c1=O. The van der Waals surface area contributed by atoms with E-state index in [-0.39, 0.29) is 11.4 Å². The Morgan fingerprint density at radius 1 is 1.40 bits per heavy atom. The molecule has 0 N–H and O–H groups in total. The molecule has 15 heavy (non-hydrogen) atoms. The Labute approximate surface area is 88.2 Å². The average molecular weight is 223 g/mol. The van der Waals surface area contributed by atoms with Crippen LogP contribution in [0.1, 0.15) is 0 Å². The highest BCUT2D eigenvalue weighted by Crippen LogP contribution is 2.03. The Bertz CT molecular complexity index is 579. The van der Waals surface area contributed by atoms with Gasteiger partial charge in [-0.25, -0.2) is 0 Å². The minimum absolute atomic E-state index is 0.0800. The van der Waals surface area contributed by atoms with E-state index in [9.17, 15) is 9.00 Å². The minimum Gasteiger partial charge on any atom is -0.267 e. The molecular formula is C9H9N3O2S. The van der Waals surface area contributed by atoms with E-state index in [1.807, 2.05) is 0 Å². The summed E-state index contributed by atoms with van der Waals surface area (Å²) in [5.41, 5.74) is 0.302. The summed E-state index contributed by atoms with van der Waals surface area (Å²) in [4.78, 5) is 11.8. The summed E-state index contributed by atoms with van der Waals surface area (Å²) in [7, 11) is -1.11. The fourth-order valence-electron chi connectivity index (χ4n) is 1.28. The van der Waals surface area contributed by atoms with Crippen LogP contribution in [0.3, 0.4) is 0 Å². The summed E-state index contributed by atoms with van der Waals surface area (Å²) in [6, 6.07) is 6.95. The Morgan fingerprint density at radius 2 is 2.13 bits per heavy atom. The lowest BCUT2D eigenvalue weighted by Gasteiger charge is -2.01. The third-order valence-electron chi connectivity index (χ3n) is 1.93. The van der Waals surface area contributed by atoms with Crippen LogP contribution >= 0.6 is 0 Å². The Hall–Kier alpha value is -1.56. The third kappa shape index (κ3) is 1.94. The molecule has 2 rings (SSSR count). The molecule has 1 aromatic carbocycles. The number of rotatable bonds is 2. The van der Waals surface area contributed by atoms with Gasteiger partial charge in [0.2, 0.25) is 0 Å². The van der Waals surface area contributed by atoms with Crippen LogP contribution in [-0.4, -0.2) is 25.5 Å². The standard InChI is InChI=1S/C9H9N3O2S/c1-15(14)6-12-9(13)7-4-2-3-5-8(7)10-11-12/h2-5H,6H2,1H3. The molecule has 2 aromatic rings. The van der Waals surface area contributed by atoms with E-state index in [0.29, 0.717) is 10.9 Å². The van der Waals surface area contributed by atoms with Crippen molar-refractivity contribution in [1.82, 2.24) is 15.0 Å². The highest BCUT2D eigenvalue weighted by atomic mass is 32.2. The molecule has 0 amide bonds. The fourth-order valence-corrected chi connectivity index (χ4v) is 1.79. The zero-order valence-corrected chi connectivity index (χ0v) is 8.90. The normalized spacial score (nSPS) is 12.9. The van der Waals surface area contributed by atoms with Gasteiger partial charge < -0.3 is 0 Å². The molecule has 0 aliphatic carbocycles. The summed E-state index contributed by atoms with van der Waals surface area (Å²) in [6.45, 7) is 0. The van der Waals surface area contributed by atoms with Gasteiger partial charge in [-0.05, 0) is 12.1 Å². The summed E-state index contributed by atoms with van der Waals surface area (Å²) < 4.78 is 12.1. The minimum atomic E-state index is -1.11. The van der Waals surface area contributed by atoms with Gasteiger partial charge in [-0.2, -0.15) is 4.68 Å². The van der Waals surface area contributed by atoms with Crippen LogP contribution in [0, 0.1) is 0 Å². The van der Waals surface area contributed by atoms with Gasteiger partial charge in [0.1, 0.15) is 11.4 Å². The highest BCUT2D eigenvalue weighted by molar-refractivity contribution is 7.83. The van der Waals surface area contributed by atoms with E-state index in [1.54, 1.807) is 24.3 Å². The van der Waals surface area contributed by atoms with Crippen molar-refractivity contribution in [3.05, 3.63) is 34.6 Å². The van der Waals surface area contributed by atoms with Crippen LogP contribution in [0.5, 0.6) is 0 Å². The fraction of sp³-hybridized carbons (Fsp3) is 0.222. The molecule has 0 fully saturated rings. The quantitative estimate of drug-likeness (QED) is 0.725. The zero-order chi connectivity index (χ0) is 10.8. The topological polar surface area (TPSA) is 64.8 Å². The van der Waals surface area contributed by atoms with E-state index < -0.39 is 10.8 Å². The molecule has 1 atom stereocenters. The van der Waals surface area contributed by atoms with Gasteiger partial charge in [-0.3, -0.25) is 9.00 Å². The molecule has 0 spiro atoms. The van der Waals surface area contributed by atoms with Crippen molar-refractivity contribution in [2.45, 2.75) is 5.88 Å². The van der Waals surface area contributed by atoms with E-state index in [2.05, 4.69) is 10.3 Å². The number of aromatic nitrogens is 3. The maximum Gasteiger partial charge on any atom is 0.278 e. The van der Waals surface area contributed by atoms with Crippen molar-refractivity contribution in [3.8, 4) is 0 Å². The smallest absolute Gasteiger partial charge is 0.267 e. The Kier molecular flexibility index (Phi) is 2.59. The molecule has 0 saturated heterocycles. The number of nitrogens with zero attached hydrogens (tertiary/aromatic N) is 3. The van der Waals surface area contributed by atoms with Crippen LogP contribution in [0.15, 0.2) is 29.1 Å². The molecule has 6 heteroatoms. The molecule has 1 unspecified atom stereocenters. The van der Waals surface area contributed by atoms with Crippen molar-refractivity contribution in [2.75, 3.05) is 6.26 Å². The summed E-state index contributed by atoms with van der Waals surface area (Å²) in [5, 5.41) is 8.08. The van der Waals surface area contributed by atoms with Gasteiger partial charge in [0.15, 0.2) is 0 Å². The van der Waals surface area contributed by atoms with Crippen molar-refractivity contribution in [2.24, 2.45) is 0 Å². The Morgan fingerprint density at radius 3 is 2.87 bits per heavy atom. The van der Waals surface area contributed by atoms with Gasteiger partial charge in [0, 0.05) is 17.1 Å². The summed E-state index contributed by atoms with van der Waals surface area (Å²) >= 11 is 0. The molecule has 0 bridgehead atoms. The van der Waals surface area contributed by atoms with E-state index in [4.69, 9.17) is 0 Å². The second kappa shape index (κ2) is 3.90. The van der Waals surface area contributed by atoms with Crippen molar-refractivity contribution in [1.29, 1.82) is 0 Å². The maximum absolute atomic E-state index is 11.8. The zero-order valence-electron chi connectivity index (χ0n) is 8.08. The summed E-state index contributed by atoms with van der Waals surface area (Å²) in [6.07, 6.45) is 1.52.